The zero-order valence-corrected chi connectivity index (χ0v) is 21.4. The second kappa shape index (κ2) is 14.4. The van der Waals surface area contributed by atoms with E-state index in [0.717, 1.165) is 11.8 Å². The standard InChI is InChI=1S/C24H42N2.2ClH.Ti/c1-3-11-19(12-4-1)25-23-17-9-7-15-21(23)22-16-8-10-18-24(22)26-20-13-5-2-6-14-20;;;/h19-24H,1-18H2;2*1H;/q-2;;;+2/p-2. The van der Waals surface area contributed by atoms with E-state index in [1.54, 1.807) is 0 Å². The second-order valence-corrected chi connectivity index (χ2v) is 12.6. The van der Waals surface area contributed by atoms with E-state index in [2.05, 4.69) is 0 Å². The van der Waals surface area contributed by atoms with E-state index < -0.39 is 17.0 Å². The average molecular weight is 477 g/mol. The van der Waals surface area contributed by atoms with E-state index in [0.29, 0.717) is 24.2 Å². The fraction of sp³-hybridized carbons (Fsp3) is 1.00. The molecule has 0 saturated heterocycles. The van der Waals surface area contributed by atoms with Crippen LogP contribution < -0.4 is 0 Å². The van der Waals surface area contributed by atoms with Gasteiger partial charge in [0.2, 0.25) is 0 Å². The van der Waals surface area contributed by atoms with Gasteiger partial charge in [-0.2, -0.15) is 0 Å². The van der Waals surface area contributed by atoms with Gasteiger partial charge < -0.3 is 10.6 Å². The molecule has 0 bridgehead atoms. The maximum absolute atomic E-state index is 5.49. The predicted octanol–water partition coefficient (Wildman–Crippen LogP) is 8.89. The molecular weight excluding hydrogens is 435 g/mol. The molecule has 4 unspecified atom stereocenters. The zero-order chi connectivity index (χ0) is 20.3. The third-order valence-electron chi connectivity index (χ3n) is 8.07. The first-order valence-corrected chi connectivity index (χ1v) is 17.0. The maximum atomic E-state index is 5.49. The van der Waals surface area contributed by atoms with Gasteiger partial charge in [0.05, 0.1) is 0 Å². The van der Waals surface area contributed by atoms with Crippen LogP contribution in [0.2, 0.25) is 0 Å². The van der Waals surface area contributed by atoms with Crippen molar-refractivity contribution in [1.29, 1.82) is 0 Å². The molecular formula is C24H42Cl2N2Ti-2. The van der Waals surface area contributed by atoms with Crippen molar-refractivity contribution in [3.63, 3.8) is 0 Å². The van der Waals surface area contributed by atoms with Crippen molar-refractivity contribution in [3.8, 4) is 0 Å². The summed E-state index contributed by atoms with van der Waals surface area (Å²) in [5.74, 6) is 1.73. The Bertz CT molecular complexity index is 389. The second-order valence-electron chi connectivity index (χ2n) is 9.98. The van der Waals surface area contributed by atoms with Gasteiger partial charge in [0.25, 0.3) is 0 Å². The number of hydrogen-bond donors (Lipinski definition) is 0. The minimum atomic E-state index is -0.556. The summed E-state index contributed by atoms with van der Waals surface area (Å²) in [4.78, 5) is 0. The Kier molecular flexibility index (Phi) is 12.3. The average Bonchev–Trinajstić information content (AvgIpc) is 2.77. The number of nitrogens with zero attached hydrogens (tertiary/aromatic N) is 2. The molecule has 0 aromatic rings. The molecule has 4 fully saturated rings. The molecule has 0 aromatic carbocycles. The van der Waals surface area contributed by atoms with Crippen LogP contribution in [0, 0.1) is 11.8 Å². The monoisotopic (exact) mass is 476 g/mol. The van der Waals surface area contributed by atoms with Crippen molar-refractivity contribution >= 4 is 18.6 Å². The van der Waals surface area contributed by atoms with E-state index in [4.69, 9.17) is 29.2 Å². The predicted molar refractivity (Wildman–Crippen MR) is 124 cm³/mol. The van der Waals surface area contributed by atoms with Crippen molar-refractivity contribution in [2.24, 2.45) is 11.8 Å². The minimum absolute atomic E-state index is 0.556. The molecule has 0 heterocycles. The molecule has 0 amide bonds. The van der Waals surface area contributed by atoms with E-state index in [9.17, 15) is 0 Å². The molecule has 168 valence electrons. The Morgan fingerprint density at radius 2 is 0.759 bits per heavy atom. The van der Waals surface area contributed by atoms with Gasteiger partial charge in [-0.15, -0.1) is 24.2 Å². The van der Waals surface area contributed by atoms with E-state index in [1.807, 2.05) is 0 Å². The summed E-state index contributed by atoms with van der Waals surface area (Å²) in [6.07, 6.45) is 25.5. The third-order valence-corrected chi connectivity index (χ3v) is 8.07. The molecule has 4 rings (SSSR count). The van der Waals surface area contributed by atoms with Gasteiger partial charge in [0.1, 0.15) is 0 Å². The molecule has 4 aliphatic rings. The molecule has 0 spiro atoms. The molecule has 0 radical (unpaired) electrons. The van der Waals surface area contributed by atoms with Gasteiger partial charge in [-0.05, 0) is 0 Å². The van der Waals surface area contributed by atoms with Crippen LogP contribution in [0.3, 0.4) is 0 Å². The van der Waals surface area contributed by atoms with Crippen LogP contribution in [0.25, 0.3) is 10.6 Å². The van der Waals surface area contributed by atoms with Crippen LogP contribution >= 0.6 is 18.6 Å². The Balaban J connectivity index is 0.000000755. The Morgan fingerprint density at radius 3 is 1.14 bits per heavy atom. The molecule has 4 atom stereocenters. The normalized spacial score (nSPS) is 34.8. The van der Waals surface area contributed by atoms with Gasteiger partial charge >= 0.3 is 35.6 Å². The molecule has 2 nitrogen and oxygen atoms in total. The van der Waals surface area contributed by atoms with Crippen molar-refractivity contribution in [2.45, 2.75) is 140 Å². The van der Waals surface area contributed by atoms with Gasteiger partial charge in [-0.1, -0.05) is 127 Å². The summed E-state index contributed by atoms with van der Waals surface area (Å²) in [6, 6.07) is 2.76. The molecule has 0 aromatic heterocycles. The summed E-state index contributed by atoms with van der Waals surface area (Å²) in [6.45, 7) is 0. The Labute approximate surface area is 197 Å². The van der Waals surface area contributed by atoms with E-state index in [1.165, 1.54) is 116 Å². The van der Waals surface area contributed by atoms with Crippen LogP contribution in [0.4, 0.5) is 0 Å². The topological polar surface area (TPSA) is 28.2 Å². The Morgan fingerprint density at radius 1 is 0.448 bits per heavy atom. The van der Waals surface area contributed by atoms with Crippen molar-refractivity contribution < 1.29 is 17.0 Å². The van der Waals surface area contributed by atoms with Gasteiger partial charge in [-0.3, -0.25) is 0 Å². The van der Waals surface area contributed by atoms with E-state index in [-0.39, 0.29) is 0 Å². The summed E-state index contributed by atoms with van der Waals surface area (Å²) < 4.78 is 0. The SMILES string of the molecule is C1CCC([N-]C2CCCCC2C2CCCCC2[N-]C2CCCCC2)CC1.[Cl][Ti][Cl]. The fourth-order valence-corrected chi connectivity index (χ4v) is 6.65. The number of hydrogen-bond acceptors (Lipinski definition) is 0. The van der Waals surface area contributed by atoms with Crippen LogP contribution in [-0.2, 0) is 17.0 Å². The van der Waals surface area contributed by atoms with Gasteiger partial charge in [-0.25, -0.2) is 0 Å². The first-order chi connectivity index (χ1) is 14.3. The first kappa shape index (κ1) is 24.8. The molecule has 0 aliphatic heterocycles. The molecule has 0 N–H and O–H groups in total. The zero-order valence-electron chi connectivity index (χ0n) is 18.3. The molecule has 29 heavy (non-hydrogen) atoms. The van der Waals surface area contributed by atoms with Gasteiger partial charge in [0, 0.05) is 0 Å². The first-order valence-electron chi connectivity index (χ1n) is 12.7. The van der Waals surface area contributed by atoms with Crippen molar-refractivity contribution in [1.82, 2.24) is 0 Å². The number of rotatable bonds is 5. The fourth-order valence-electron chi connectivity index (χ4n) is 6.65. The summed E-state index contributed by atoms with van der Waals surface area (Å²) in [5.41, 5.74) is 0. The molecule has 4 saturated carbocycles. The van der Waals surface area contributed by atoms with Crippen LogP contribution in [0.1, 0.15) is 116 Å². The molecule has 4 aliphatic carbocycles. The quantitative estimate of drug-likeness (QED) is 0.354. The van der Waals surface area contributed by atoms with Crippen molar-refractivity contribution in [3.05, 3.63) is 10.6 Å². The summed E-state index contributed by atoms with van der Waals surface area (Å²) in [5, 5.41) is 11.0. The van der Waals surface area contributed by atoms with Crippen molar-refractivity contribution in [2.75, 3.05) is 0 Å². The summed E-state index contributed by atoms with van der Waals surface area (Å²) >= 11 is -0.556. The Hall–Kier alpha value is 1.21. The van der Waals surface area contributed by atoms with E-state index >= 15 is 0 Å². The van der Waals surface area contributed by atoms with Crippen LogP contribution in [-0.4, -0.2) is 24.2 Å². The van der Waals surface area contributed by atoms with Gasteiger partial charge in [0.15, 0.2) is 0 Å². The molecule has 5 heteroatoms. The number of halogens is 2. The van der Waals surface area contributed by atoms with Crippen LogP contribution in [0.15, 0.2) is 0 Å². The third kappa shape index (κ3) is 8.25. The summed E-state index contributed by atoms with van der Waals surface area (Å²) in [7, 11) is 9.78. The van der Waals surface area contributed by atoms with Crippen LogP contribution in [0.5, 0.6) is 0 Å².